The van der Waals surface area contributed by atoms with E-state index in [1.807, 2.05) is 0 Å². The molecule has 1 aromatic carbocycles. The van der Waals surface area contributed by atoms with Gasteiger partial charge >= 0.3 is 6.09 Å². The molecule has 1 N–H and O–H groups in total. The van der Waals surface area contributed by atoms with E-state index in [9.17, 15) is 9.59 Å². The van der Waals surface area contributed by atoms with Crippen molar-refractivity contribution in [2.45, 2.75) is 13.2 Å². The van der Waals surface area contributed by atoms with Crippen LogP contribution < -0.4 is 10.1 Å². The maximum Gasteiger partial charge on any atom is 0.415 e. The molecule has 0 saturated carbocycles. The molecule has 1 atom stereocenters. The van der Waals surface area contributed by atoms with Gasteiger partial charge in [0.1, 0.15) is 5.75 Å². The largest absolute Gasteiger partial charge is 0.444 e. The van der Waals surface area contributed by atoms with Crippen molar-refractivity contribution < 1.29 is 19.1 Å². The Morgan fingerprint density at radius 3 is 2.59 bits per heavy atom. The lowest BCUT2D eigenvalue weighted by atomic mass is 10.2. The van der Waals surface area contributed by atoms with Gasteiger partial charge in [-0.3, -0.25) is 10.1 Å². The number of amides is 1. The normalized spacial score (nSPS) is 11.1. The zero-order valence-corrected chi connectivity index (χ0v) is 9.38. The quantitative estimate of drug-likeness (QED) is 0.625. The van der Waals surface area contributed by atoms with Gasteiger partial charge in [0.15, 0.2) is 6.23 Å². The lowest BCUT2D eigenvalue weighted by Gasteiger charge is -2.11. The van der Waals surface area contributed by atoms with Crippen LogP contribution in [0.25, 0.3) is 6.08 Å². The molecular formula is C12H13NO4. The smallest absolute Gasteiger partial charge is 0.415 e. The van der Waals surface area contributed by atoms with E-state index in [-0.39, 0.29) is 6.47 Å². The van der Waals surface area contributed by atoms with Crippen molar-refractivity contribution in [3.63, 3.8) is 0 Å². The van der Waals surface area contributed by atoms with E-state index < -0.39 is 12.3 Å². The number of carbonyl (C=O) groups is 2. The highest BCUT2D eigenvalue weighted by molar-refractivity contribution is 5.70. The molecule has 0 aliphatic carbocycles. The van der Waals surface area contributed by atoms with Crippen LogP contribution in [0.3, 0.4) is 0 Å². The molecule has 0 aromatic heterocycles. The molecule has 0 aliphatic rings. The Morgan fingerprint density at radius 1 is 1.41 bits per heavy atom. The first-order valence-corrected chi connectivity index (χ1v) is 4.95. The molecule has 1 rings (SSSR count). The van der Waals surface area contributed by atoms with Crippen LogP contribution in [0.2, 0.25) is 0 Å². The number of ether oxygens (including phenoxy) is 2. The van der Waals surface area contributed by atoms with E-state index >= 15 is 0 Å². The number of carbonyl (C=O) groups excluding carboxylic acids is 2. The molecule has 90 valence electrons. The fourth-order valence-electron chi connectivity index (χ4n) is 1.09. The maximum atomic E-state index is 11.3. The SMILES string of the molecule is C=Cc1ccc(OC(=O)NC(C)OC=O)cc1. The van der Waals surface area contributed by atoms with Crippen LogP contribution >= 0.6 is 0 Å². The Morgan fingerprint density at radius 2 is 2.06 bits per heavy atom. The zero-order chi connectivity index (χ0) is 12.7. The van der Waals surface area contributed by atoms with Crippen LogP contribution in [0.4, 0.5) is 4.79 Å². The van der Waals surface area contributed by atoms with Gasteiger partial charge in [-0.05, 0) is 24.6 Å². The molecule has 5 heteroatoms. The highest BCUT2D eigenvalue weighted by Gasteiger charge is 2.08. The zero-order valence-electron chi connectivity index (χ0n) is 9.38. The third-order valence-electron chi connectivity index (χ3n) is 1.91. The van der Waals surface area contributed by atoms with E-state index in [1.54, 1.807) is 30.3 Å². The van der Waals surface area contributed by atoms with Crippen LogP contribution in [-0.4, -0.2) is 18.8 Å². The van der Waals surface area contributed by atoms with E-state index in [0.29, 0.717) is 5.75 Å². The summed E-state index contributed by atoms with van der Waals surface area (Å²) < 4.78 is 9.43. The Hall–Kier alpha value is -2.30. The van der Waals surface area contributed by atoms with Crippen LogP contribution in [0.5, 0.6) is 5.75 Å². The molecule has 0 radical (unpaired) electrons. The topological polar surface area (TPSA) is 64.6 Å². The number of rotatable bonds is 5. The van der Waals surface area contributed by atoms with E-state index in [1.165, 1.54) is 6.92 Å². The highest BCUT2D eigenvalue weighted by atomic mass is 16.6. The van der Waals surface area contributed by atoms with Crippen molar-refractivity contribution in [3.05, 3.63) is 36.4 Å². The van der Waals surface area contributed by atoms with E-state index in [0.717, 1.165) is 5.56 Å². The number of hydrogen-bond acceptors (Lipinski definition) is 4. The molecule has 0 spiro atoms. The van der Waals surface area contributed by atoms with Gasteiger partial charge in [0.25, 0.3) is 6.47 Å². The molecule has 0 saturated heterocycles. The molecule has 1 amide bonds. The monoisotopic (exact) mass is 235 g/mol. The summed E-state index contributed by atoms with van der Waals surface area (Å²) in [5.74, 6) is 0.395. The van der Waals surface area contributed by atoms with Crippen LogP contribution in [0, 0.1) is 0 Å². The summed E-state index contributed by atoms with van der Waals surface area (Å²) in [6.45, 7) is 5.38. The summed E-state index contributed by atoms with van der Waals surface area (Å²) in [6.07, 6.45) is 0.266. The molecule has 1 unspecified atom stereocenters. The molecule has 5 nitrogen and oxygen atoms in total. The summed E-state index contributed by atoms with van der Waals surface area (Å²) in [4.78, 5) is 21.3. The maximum absolute atomic E-state index is 11.3. The lowest BCUT2D eigenvalue weighted by Crippen LogP contribution is -2.36. The molecule has 0 heterocycles. The van der Waals surface area contributed by atoms with Crippen molar-refractivity contribution >= 4 is 18.6 Å². The highest BCUT2D eigenvalue weighted by Crippen LogP contribution is 2.12. The van der Waals surface area contributed by atoms with Crippen molar-refractivity contribution in [1.82, 2.24) is 5.32 Å². The first kappa shape index (κ1) is 12.8. The van der Waals surface area contributed by atoms with Gasteiger partial charge in [-0.1, -0.05) is 24.8 Å². The lowest BCUT2D eigenvalue weighted by molar-refractivity contribution is -0.133. The Kier molecular flexibility index (Phi) is 4.75. The Bertz CT molecular complexity index is 399. The first-order chi connectivity index (χ1) is 8.15. The third-order valence-corrected chi connectivity index (χ3v) is 1.91. The second-order valence-corrected chi connectivity index (χ2v) is 3.18. The average Bonchev–Trinajstić information content (AvgIpc) is 2.30. The predicted molar refractivity (Wildman–Crippen MR) is 62.3 cm³/mol. The average molecular weight is 235 g/mol. The minimum Gasteiger partial charge on any atom is -0.444 e. The van der Waals surface area contributed by atoms with E-state index in [2.05, 4.69) is 16.6 Å². The summed E-state index contributed by atoms with van der Waals surface area (Å²) in [5, 5.41) is 2.32. The van der Waals surface area contributed by atoms with Gasteiger partial charge in [-0.25, -0.2) is 4.79 Å². The number of hydrogen-bond donors (Lipinski definition) is 1. The molecule has 0 aliphatic heterocycles. The van der Waals surface area contributed by atoms with Crippen molar-refractivity contribution in [3.8, 4) is 5.75 Å². The molecular weight excluding hydrogens is 222 g/mol. The second kappa shape index (κ2) is 6.32. The number of nitrogens with one attached hydrogen (secondary N) is 1. The van der Waals surface area contributed by atoms with Gasteiger partial charge in [0.2, 0.25) is 0 Å². The van der Waals surface area contributed by atoms with E-state index in [4.69, 9.17) is 4.74 Å². The van der Waals surface area contributed by atoms with Crippen LogP contribution in [-0.2, 0) is 9.53 Å². The molecule has 0 fully saturated rings. The van der Waals surface area contributed by atoms with Crippen molar-refractivity contribution in [2.24, 2.45) is 0 Å². The Labute approximate surface area is 99.0 Å². The molecule has 17 heavy (non-hydrogen) atoms. The fraction of sp³-hybridized carbons (Fsp3) is 0.167. The van der Waals surface area contributed by atoms with Crippen LogP contribution in [0.15, 0.2) is 30.8 Å². The van der Waals surface area contributed by atoms with Gasteiger partial charge in [0, 0.05) is 0 Å². The van der Waals surface area contributed by atoms with Crippen LogP contribution in [0.1, 0.15) is 12.5 Å². The van der Waals surface area contributed by atoms with Gasteiger partial charge < -0.3 is 9.47 Å². The summed E-state index contributed by atoms with van der Waals surface area (Å²) in [5.41, 5.74) is 0.926. The number of benzene rings is 1. The van der Waals surface area contributed by atoms with Gasteiger partial charge in [0.05, 0.1) is 0 Å². The molecule has 1 aromatic rings. The Balaban J connectivity index is 2.49. The van der Waals surface area contributed by atoms with Crippen molar-refractivity contribution in [1.29, 1.82) is 0 Å². The summed E-state index contributed by atoms with van der Waals surface area (Å²) in [6, 6.07) is 6.81. The van der Waals surface area contributed by atoms with Gasteiger partial charge in [-0.15, -0.1) is 0 Å². The third kappa shape index (κ3) is 4.38. The standard InChI is InChI=1S/C12H13NO4/c1-3-10-4-6-11(7-5-10)17-12(15)13-9(2)16-8-14/h3-9H,1H2,2H3,(H,13,15). The fourth-order valence-corrected chi connectivity index (χ4v) is 1.09. The van der Waals surface area contributed by atoms with Crippen molar-refractivity contribution in [2.75, 3.05) is 0 Å². The predicted octanol–water partition coefficient (Wildman–Crippen LogP) is 1.94. The first-order valence-electron chi connectivity index (χ1n) is 4.95. The second-order valence-electron chi connectivity index (χ2n) is 3.18. The minimum absolute atomic E-state index is 0.254. The summed E-state index contributed by atoms with van der Waals surface area (Å²) in [7, 11) is 0. The minimum atomic E-state index is -0.729. The summed E-state index contributed by atoms with van der Waals surface area (Å²) >= 11 is 0. The van der Waals surface area contributed by atoms with Gasteiger partial charge in [-0.2, -0.15) is 0 Å². The molecule has 0 bridgehead atoms.